The van der Waals surface area contributed by atoms with Crippen LogP contribution in [0.5, 0.6) is 0 Å². The van der Waals surface area contributed by atoms with Crippen LogP contribution in [0.1, 0.15) is 33.3 Å². The van der Waals surface area contributed by atoms with Gasteiger partial charge in [-0.3, -0.25) is 14.7 Å². The predicted molar refractivity (Wildman–Crippen MR) is 129 cm³/mol. The highest BCUT2D eigenvalue weighted by atomic mass is 16.6. The maximum atomic E-state index is 13.2. The van der Waals surface area contributed by atoms with Crippen molar-refractivity contribution < 1.29 is 24.2 Å². The first-order valence-corrected chi connectivity index (χ1v) is 10.7. The van der Waals surface area contributed by atoms with Gasteiger partial charge in [0, 0.05) is 29.6 Å². The Labute approximate surface area is 197 Å². The van der Waals surface area contributed by atoms with Crippen LogP contribution >= 0.6 is 0 Å². The summed E-state index contributed by atoms with van der Waals surface area (Å²) < 4.78 is 5.52. The summed E-state index contributed by atoms with van der Waals surface area (Å²) in [4.78, 5) is 44.2. The molecule has 0 radical (unpaired) electrons. The zero-order chi connectivity index (χ0) is 24.9. The van der Waals surface area contributed by atoms with Gasteiger partial charge in [0.1, 0.15) is 5.60 Å². The molecule has 9 nitrogen and oxygen atoms in total. The summed E-state index contributed by atoms with van der Waals surface area (Å²) in [5, 5.41) is 16.0. The number of ether oxygens (including phenoxy) is 1. The van der Waals surface area contributed by atoms with E-state index in [4.69, 9.17) is 4.74 Å². The number of carbonyl (C=O) groups is 3. The molecule has 0 bridgehead atoms. The first kappa shape index (κ1) is 24.7. The minimum Gasteiger partial charge on any atom is -0.457 e. The molecule has 9 heteroatoms. The van der Waals surface area contributed by atoms with E-state index in [0.29, 0.717) is 22.3 Å². The minimum absolute atomic E-state index is 0.191. The molecule has 0 saturated heterocycles. The largest absolute Gasteiger partial charge is 0.457 e. The molecular weight excluding hydrogens is 436 g/mol. The smallest absolute Gasteiger partial charge is 0.350 e. The van der Waals surface area contributed by atoms with Crippen molar-refractivity contribution in [2.45, 2.75) is 46.1 Å². The van der Waals surface area contributed by atoms with Crippen LogP contribution in [0.3, 0.4) is 0 Å². The van der Waals surface area contributed by atoms with Gasteiger partial charge in [-0.1, -0.05) is 36.4 Å². The molecule has 3 amide bonds. The van der Waals surface area contributed by atoms with E-state index >= 15 is 0 Å². The Bertz CT molecular complexity index is 1200. The molecule has 0 aliphatic rings. The zero-order valence-electron chi connectivity index (χ0n) is 19.5. The van der Waals surface area contributed by atoms with Gasteiger partial charge in [0.05, 0.1) is 18.5 Å². The standard InChI is InChI=1S/C25H28N4O5/c1-16(31)29(21-14-26-13-18-9-5-6-11-20(18)21)22(23(32)34-25(2,3)4)28-24(33)27-19-10-7-8-17(12-19)15-30/h5-14,22,30H,15H2,1-4H3,(H2,27,28,33). The van der Waals surface area contributed by atoms with Crippen molar-refractivity contribution in [1.82, 2.24) is 10.3 Å². The molecule has 1 unspecified atom stereocenters. The molecule has 0 fully saturated rings. The Morgan fingerprint density at radius 1 is 1.09 bits per heavy atom. The number of hydrogen-bond donors (Lipinski definition) is 3. The minimum atomic E-state index is -1.47. The lowest BCUT2D eigenvalue weighted by Crippen LogP contribution is -2.57. The number of carbonyl (C=O) groups excluding carboxylic acids is 3. The van der Waals surface area contributed by atoms with E-state index < -0.39 is 29.7 Å². The Hall–Kier alpha value is -3.98. The number of urea groups is 1. The topological polar surface area (TPSA) is 121 Å². The highest BCUT2D eigenvalue weighted by molar-refractivity contribution is 6.07. The number of benzene rings is 2. The Morgan fingerprint density at radius 2 is 1.82 bits per heavy atom. The highest BCUT2D eigenvalue weighted by Crippen LogP contribution is 2.27. The average molecular weight is 465 g/mol. The molecular formula is C25H28N4O5. The highest BCUT2D eigenvalue weighted by Gasteiger charge is 2.35. The van der Waals surface area contributed by atoms with E-state index in [0.717, 1.165) is 10.3 Å². The quantitative estimate of drug-likeness (QED) is 0.379. The second kappa shape index (κ2) is 10.3. The molecule has 0 aliphatic heterocycles. The molecule has 1 aromatic heterocycles. The van der Waals surface area contributed by atoms with Crippen LogP contribution in [0, 0.1) is 0 Å². The maximum Gasteiger partial charge on any atom is 0.350 e. The average Bonchev–Trinajstić information content (AvgIpc) is 2.77. The number of nitrogens with one attached hydrogen (secondary N) is 2. The first-order valence-electron chi connectivity index (χ1n) is 10.7. The lowest BCUT2D eigenvalue weighted by molar-refractivity contribution is -0.157. The van der Waals surface area contributed by atoms with E-state index in [9.17, 15) is 19.5 Å². The predicted octanol–water partition coefficient (Wildman–Crippen LogP) is 3.57. The van der Waals surface area contributed by atoms with Gasteiger partial charge in [-0.05, 0) is 38.5 Å². The van der Waals surface area contributed by atoms with Gasteiger partial charge in [0.25, 0.3) is 0 Å². The number of fused-ring (bicyclic) bond motifs is 1. The van der Waals surface area contributed by atoms with Gasteiger partial charge in [0.2, 0.25) is 12.1 Å². The van der Waals surface area contributed by atoms with Crippen molar-refractivity contribution >= 4 is 40.1 Å². The van der Waals surface area contributed by atoms with Crippen LogP contribution in [0.25, 0.3) is 10.8 Å². The number of hydrogen-bond acceptors (Lipinski definition) is 6. The SMILES string of the molecule is CC(=O)N(c1cncc2ccccc12)C(NC(=O)Nc1cccc(CO)c1)C(=O)OC(C)(C)C. The molecule has 3 rings (SSSR count). The van der Waals surface area contributed by atoms with Gasteiger partial charge < -0.3 is 20.5 Å². The summed E-state index contributed by atoms with van der Waals surface area (Å²) in [5.74, 6) is -1.30. The van der Waals surface area contributed by atoms with E-state index in [1.165, 1.54) is 13.1 Å². The Balaban J connectivity index is 1.99. The molecule has 0 saturated carbocycles. The van der Waals surface area contributed by atoms with Gasteiger partial charge in [0.15, 0.2) is 0 Å². The van der Waals surface area contributed by atoms with Crippen LogP contribution in [0.2, 0.25) is 0 Å². The van der Waals surface area contributed by atoms with E-state index in [2.05, 4.69) is 15.6 Å². The van der Waals surface area contributed by atoms with E-state index in [1.54, 1.807) is 63.4 Å². The number of pyridine rings is 1. The molecule has 1 atom stereocenters. The van der Waals surface area contributed by atoms with Crippen molar-refractivity contribution in [2.75, 3.05) is 10.2 Å². The van der Waals surface area contributed by atoms with E-state index in [-0.39, 0.29) is 6.61 Å². The summed E-state index contributed by atoms with van der Waals surface area (Å²) in [7, 11) is 0. The molecule has 3 aromatic rings. The molecule has 1 heterocycles. The summed E-state index contributed by atoms with van der Waals surface area (Å²) in [6.07, 6.45) is 1.64. The maximum absolute atomic E-state index is 13.2. The summed E-state index contributed by atoms with van der Waals surface area (Å²) in [5.41, 5.74) is 0.508. The zero-order valence-corrected chi connectivity index (χ0v) is 19.5. The van der Waals surface area contributed by atoms with Crippen molar-refractivity contribution in [3.05, 3.63) is 66.5 Å². The lowest BCUT2D eigenvalue weighted by atomic mass is 10.1. The molecule has 3 N–H and O–H groups in total. The molecule has 178 valence electrons. The normalized spacial score (nSPS) is 12.0. The van der Waals surface area contributed by atoms with Crippen molar-refractivity contribution in [2.24, 2.45) is 0 Å². The molecule has 2 aromatic carbocycles. The molecule has 34 heavy (non-hydrogen) atoms. The number of aromatic nitrogens is 1. The summed E-state index contributed by atoms with van der Waals surface area (Å²) >= 11 is 0. The summed E-state index contributed by atoms with van der Waals surface area (Å²) in [6.45, 7) is 6.19. The third-order valence-electron chi connectivity index (χ3n) is 4.77. The number of aliphatic hydroxyl groups is 1. The fourth-order valence-corrected chi connectivity index (χ4v) is 3.41. The number of anilines is 2. The van der Waals surface area contributed by atoms with Gasteiger partial charge in [-0.2, -0.15) is 0 Å². The van der Waals surface area contributed by atoms with Crippen LogP contribution in [-0.4, -0.2) is 39.8 Å². The number of amides is 3. The van der Waals surface area contributed by atoms with Crippen LogP contribution in [0.4, 0.5) is 16.2 Å². The third-order valence-corrected chi connectivity index (χ3v) is 4.77. The van der Waals surface area contributed by atoms with Crippen LogP contribution < -0.4 is 15.5 Å². The molecule has 0 spiro atoms. The Kier molecular flexibility index (Phi) is 7.47. The van der Waals surface area contributed by atoms with Crippen molar-refractivity contribution in [3.63, 3.8) is 0 Å². The monoisotopic (exact) mass is 464 g/mol. The van der Waals surface area contributed by atoms with E-state index in [1.807, 2.05) is 12.1 Å². The number of esters is 1. The third kappa shape index (κ3) is 6.08. The lowest BCUT2D eigenvalue weighted by Gasteiger charge is -2.32. The fourth-order valence-electron chi connectivity index (χ4n) is 3.41. The fraction of sp³-hybridized carbons (Fsp3) is 0.280. The number of aliphatic hydroxyl groups excluding tert-OH is 1. The summed E-state index contributed by atoms with van der Waals surface area (Å²) in [6, 6.07) is 13.2. The van der Waals surface area contributed by atoms with Gasteiger partial charge >= 0.3 is 12.0 Å². The van der Waals surface area contributed by atoms with Crippen molar-refractivity contribution in [1.29, 1.82) is 0 Å². The van der Waals surface area contributed by atoms with Crippen molar-refractivity contribution in [3.8, 4) is 0 Å². The van der Waals surface area contributed by atoms with Crippen LogP contribution in [-0.2, 0) is 20.9 Å². The first-order chi connectivity index (χ1) is 16.1. The van der Waals surface area contributed by atoms with Gasteiger partial charge in [-0.15, -0.1) is 0 Å². The Morgan fingerprint density at radius 3 is 2.50 bits per heavy atom. The second-order valence-corrected chi connectivity index (χ2v) is 8.66. The number of rotatable bonds is 6. The van der Waals surface area contributed by atoms with Gasteiger partial charge in [-0.25, -0.2) is 9.59 Å². The van der Waals surface area contributed by atoms with Crippen LogP contribution in [0.15, 0.2) is 60.9 Å². The molecule has 0 aliphatic carbocycles. The number of nitrogens with zero attached hydrogens (tertiary/aromatic N) is 2. The second-order valence-electron chi connectivity index (χ2n) is 8.66.